The van der Waals surface area contributed by atoms with Crippen LogP contribution in [0.15, 0.2) is 18.2 Å². The summed E-state index contributed by atoms with van der Waals surface area (Å²) in [5.74, 6) is -1.66. The van der Waals surface area contributed by atoms with Crippen molar-refractivity contribution in [1.82, 2.24) is 10.6 Å². The van der Waals surface area contributed by atoms with Crippen LogP contribution in [0.5, 0.6) is 0 Å². The number of fused-ring (bicyclic) bond motifs is 1. The summed E-state index contributed by atoms with van der Waals surface area (Å²) < 4.78 is 0. The highest BCUT2D eigenvalue weighted by Crippen LogP contribution is 2.23. The summed E-state index contributed by atoms with van der Waals surface area (Å²) in [6.07, 6.45) is 0.788. The van der Waals surface area contributed by atoms with Crippen LogP contribution >= 0.6 is 0 Å². The van der Waals surface area contributed by atoms with Gasteiger partial charge in [-0.05, 0) is 37.7 Å². The zero-order valence-electron chi connectivity index (χ0n) is 11.9. The number of hydrogen-bond donors (Lipinski definition) is 5. The fourth-order valence-electron chi connectivity index (χ4n) is 2.02. The lowest BCUT2D eigenvalue weighted by Gasteiger charge is -2.13. The van der Waals surface area contributed by atoms with Gasteiger partial charge in [0.25, 0.3) is 0 Å². The molecule has 0 aliphatic carbocycles. The van der Waals surface area contributed by atoms with E-state index in [-0.39, 0.29) is 36.2 Å². The number of hydrogen-bond acceptors (Lipinski definition) is 5. The molecule has 0 fully saturated rings. The Labute approximate surface area is 127 Å². The van der Waals surface area contributed by atoms with Gasteiger partial charge in [0.2, 0.25) is 11.8 Å². The molecule has 5 N–H and O–H groups in total. The van der Waals surface area contributed by atoms with Crippen LogP contribution in [0.3, 0.4) is 0 Å². The molecule has 0 radical (unpaired) electrons. The van der Waals surface area contributed by atoms with E-state index < -0.39 is 5.97 Å². The molecule has 0 bridgehead atoms. The molecule has 1 aromatic rings. The molecule has 8 heteroatoms. The first-order valence-electron chi connectivity index (χ1n) is 6.95. The molecule has 1 aliphatic rings. The number of rotatable bonds is 1. The second-order valence-electron chi connectivity index (χ2n) is 4.87. The van der Waals surface area contributed by atoms with Crippen LogP contribution < -0.4 is 21.3 Å². The third-order valence-electron chi connectivity index (χ3n) is 3.09. The molecule has 2 amide bonds. The van der Waals surface area contributed by atoms with Gasteiger partial charge in [0.15, 0.2) is 0 Å². The average Bonchev–Trinajstić information content (AvgIpc) is 2.48. The number of carbonyl (C=O) groups excluding carboxylic acids is 2. The van der Waals surface area contributed by atoms with Gasteiger partial charge in [-0.15, -0.1) is 0 Å². The normalized spacial score (nSPS) is 17.1. The maximum absolute atomic E-state index is 11.9. The lowest BCUT2D eigenvalue weighted by atomic mass is 10.1. The van der Waals surface area contributed by atoms with E-state index >= 15 is 0 Å². The van der Waals surface area contributed by atoms with Gasteiger partial charge in [0.05, 0.1) is 30.0 Å². The Morgan fingerprint density at radius 3 is 2.14 bits per heavy atom. The molecule has 1 aliphatic heterocycles. The van der Waals surface area contributed by atoms with Crippen LogP contribution in [0.25, 0.3) is 0 Å². The van der Waals surface area contributed by atoms with E-state index in [0.717, 1.165) is 6.42 Å². The molecule has 1 heterocycles. The Hall–Kier alpha value is -2.45. The standard InChI is InChI=1S/C14H18N4O4/c19-12-7-15-4-1-5-16-8-13(20)18-11-6-9(14(21)22)2-3-10(11)17-12/h2-3,6,15-16H,1,4-5,7-8H2,(H,17,19)(H,18,20)(H,21,22). The summed E-state index contributed by atoms with van der Waals surface area (Å²) in [5, 5.41) is 20.3. The highest BCUT2D eigenvalue weighted by atomic mass is 16.4. The second-order valence-corrected chi connectivity index (χ2v) is 4.87. The van der Waals surface area contributed by atoms with E-state index in [2.05, 4.69) is 21.3 Å². The van der Waals surface area contributed by atoms with E-state index in [0.29, 0.717) is 18.8 Å². The number of anilines is 2. The predicted octanol–water partition coefficient (Wildman–Crippen LogP) is -0.155. The third-order valence-corrected chi connectivity index (χ3v) is 3.09. The minimum atomic E-state index is -1.11. The van der Waals surface area contributed by atoms with E-state index in [9.17, 15) is 14.4 Å². The van der Waals surface area contributed by atoms with Crippen molar-refractivity contribution in [3.05, 3.63) is 23.8 Å². The molecule has 0 unspecified atom stereocenters. The van der Waals surface area contributed by atoms with Crippen molar-refractivity contribution >= 4 is 29.2 Å². The summed E-state index contributed by atoms with van der Waals surface area (Å²) in [7, 11) is 0. The zero-order valence-corrected chi connectivity index (χ0v) is 11.9. The van der Waals surface area contributed by atoms with E-state index in [1.807, 2.05) is 0 Å². The quantitative estimate of drug-likeness (QED) is 0.492. The number of aromatic carboxylic acids is 1. The third kappa shape index (κ3) is 4.54. The van der Waals surface area contributed by atoms with Crippen molar-refractivity contribution in [1.29, 1.82) is 0 Å². The molecule has 1 aromatic carbocycles. The molecule has 2 rings (SSSR count). The van der Waals surface area contributed by atoms with Gasteiger partial charge in [-0.2, -0.15) is 0 Å². The zero-order chi connectivity index (χ0) is 15.9. The van der Waals surface area contributed by atoms with Gasteiger partial charge in [0, 0.05) is 0 Å². The number of nitrogens with one attached hydrogen (secondary N) is 4. The monoisotopic (exact) mass is 306 g/mol. The highest BCUT2D eigenvalue weighted by Gasteiger charge is 2.13. The maximum atomic E-state index is 11.9. The van der Waals surface area contributed by atoms with Crippen LogP contribution in [0, 0.1) is 0 Å². The van der Waals surface area contributed by atoms with Gasteiger partial charge < -0.3 is 26.4 Å². The van der Waals surface area contributed by atoms with Gasteiger partial charge in [-0.1, -0.05) is 0 Å². The lowest BCUT2D eigenvalue weighted by Crippen LogP contribution is -2.31. The van der Waals surface area contributed by atoms with Gasteiger partial charge in [0.1, 0.15) is 0 Å². The number of carbonyl (C=O) groups is 3. The van der Waals surface area contributed by atoms with Crippen LogP contribution in [0.1, 0.15) is 16.8 Å². The first-order valence-corrected chi connectivity index (χ1v) is 6.95. The molecule has 8 nitrogen and oxygen atoms in total. The van der Waals surface area contributed by atoms with Gasteiger partial charge in [-0.25, -0.2) is 4.79 Å². The van der Waals surface area contributed by atoms with Crippen LogP contribution in [-0.2, 0) is 9.59 Å². The highest BCUT2D eigenvalue weighted by molar-refractivity contribution is 6.02. The molecule has 22 heavy (non-hydrogen) atoms. The van der Waals surface area contributed by atoms with E-state index in [1.165, 1.54) is 18.2 Å². The molecular weight excluding hydrogens is 288 g/mol. The molecule has 118 valence electrons. The Morgan fingerprint density at radius 1 is 0.955 bits per heavy atom. The molecule has 0 saturated heterocycles. The summed E-state index contributed by atoms with van der Waals surface area (Å²) >= 11 is 0. The van der Waals surface area contributed by atoms with Gasteiger partial charge >= 0.3 is 5.97 Å². The van der Waals surface area contributed by atoms with Gasteiger partial charge in [-0.3, -0.25) is 9.59 Å². The van der Waals surface area contributed by atoms with E-state index in [1.54, 1.807) is 0 Å². The number of carboxylic acid groups (broad SMARTS) is 1. The first-order chi connectivity index (χ1) is 10.6. The van der Waals surface area contributed by atoms with Crippen molar-refractivity contribution in [3.8, 4) is 0 Å². The Bertz CT molecular complexity index is 588. The summed E-state index contributed by atoms with van der Waals surface area (Å²) in [6.45, 7) is 1.57. The fourth-order valence-corrected chi connectivity index (χ4v) is 2.02. The lowest BCUT2D eigenvalue weighted by molar-refractivity contribution is -0.116. The van der Waals surface area contributed by atoms with Crippen LogP contribution in [0.2, 0.25) is 0 Å². The van der Waals surface area contributed by atoms with Crippen molar-refractivity contribution in [2.45, 2.75) is 6.42 Å². The Kier molecular flexibility index (Phi) is 5.45. The second kappa shape index (κ2) is 7.53. The minimum absolute atomic E-state index is 0.0312. The summed E-state index contributed by atoms with van der Waals surface area (Å²) in [4.78, 5) is 34.7. The number of amides is 2. The van der Waals surface area contributed by atoms with Crippen molar-refractivity contribution in [2.75, 3.05) is 36.8 Å². The predicted molar refractivity (Wildman–Crippen MR) is 81.0 cm³/mol. The smallest absolute Gasteiger partial charge is 0.335 e. The van der Waals surface area contributed by atoms with Crippen molar-refractivity contribution in [3.63, 3.8) is 0 Å². The minimum Gasteiger partial charge on any atom is -0.478 e. The SMILES string of the molecule is O=C1CNCCCNCC(=O)Nc2cc(C(=O)O)ccc2N1. The van der Waals surface area contributed by atoms with Crippen molar-refractivity contribution in [2.24, 2.45) is 0 Å². The molecule has 0 saturated carbocycles. The number of benzene rings is 1. The Morgan fingerprint density at radius 2 is 1.55 bits per heavy atom. The Balaban J connectivity index is 2.26. The molecular formula is C14H18N4O4. The maximum Gasteiger partial charge on any atom is 0.335 e. The van der Waals surface area contributed by atoms with E-state index in [4.69, 9.17) is 5.11 Å². The van der Waals surface area contributed by atoms with Crippen molar-refractivity contribution < 1.29 is 19.5 Å². The molecule has 0 spiro atoms. The van der Waals surface area contributed by atoms with Crippen LogP contribution in [0.4, 0.5) is 11.4 Å². The fraction of sp³-hybridized carbons (Fsp3) is 0.357. The van der Waals surface area contributed by atoms with Crippen LogP contribution in [-0.4, -0.2) is 49.1 Å². The largest absolute Gasteiger partial charge is 0.478 e. The molecule has 0 aromatic heterocycles. The average molecular weight is 306 g/mol. The molecule has 0 atom stereocenters. The summed E-state index contributed by atoms with van der Waals surface area (Å²) in [6, 6.07) is 4.16. The summed E-state index contributed by atoms with van der Waals surface area (Å²) in [5.41, 5.74) is 0.660. The topological polar surface area (TPSA) is 120 Å². The first kappa shape index (κ1) is 15.9. The number of carboxylic acids is 1.